The summed E-state index contributed by atoms with van der Waals surface area (Å²) in [5.74, 6) is 0.683. The zero-order valence-corrected chi connectivity index (χ0v) is 28.6. The molecule has 0 bridgehead atoms. The number of pyridine rings is 1. The lowest BCUT2D eigenvalue weighted by molar-refractivity contribution is 0.670. The molecule has 11 aromatic rings. The van der Waals surface area contributed by atoms with Gasteiger partial charge >= 0.3 is 0 Å². The van der Waals surface area contributed by atoms with Crippen molar-refractivity contribution in [1.82, 2.24) is 15.0 Å². The minimum absolute atomic E-state index is 0.683. The molecule has 0 amide bonds. The van der Waals surface area contributed by atoms with E-state index in [0.717, 1.165) is 82.3 Å². The van der Waals surface area contributed by atoms with Gasteiger partial charge in [0.1, 0.15) is 11.2 Å². The molecule has 11 rings (SSSR count). The van der Waals surface area contributed by atoms with Crippen molar-refractivity contribution in [2.24, 2.45) is 0 Å². The Morgan fingerprint density at radius 3 is 1.90 bits per heavy atom. The molecule has 0 aliphatic heterocycles. The molecule has 4 aromatic heterocycles. The predicted molar refractivity (Wildman–Crippen MR) is 217 cm³/mol. The SMILES string of the molecule is c1ccc(-c2cc(-c3cccc4c3oc3ccccc34)nc(-c3cccc4c3sc3c4ccc4c(-c5ccccc5)nc5ccccc5c43)n2)cc1. The van der Waals surface area contributed by atoms with E-state index in [2.05, 4.69) is 146 Å². The molecule has 4 nitrogen and oxygen atoms in total. The fourth-order valence-corrected chi connectivity index (χ4v) is 9.06. The molecular weight excluding hydrogens is 655 g/mol. The molecular formula is C47H27N3OS. The lowest BCUT2D eigenvalue weighted by atomic mass is 9.98. The number of nitrogens with zero attached hydrogens (tertiary/aromatic N) is 3. The number of hydrogen-bond acceptors (Lipinski definition) is 5. The van der Waals surface area contributed by atoms with Crippen molar-refractivity contribution in [2.75, 3.05) is 0 Å². The fourth-order valence-electron chi connectivity index (χ4n) is 7.69. The minimum atomic E-state index is 0.683. The van der Waals surface area contributed by atoms with Crippen molar-refractivity contribution in [2.45, 2.75) is 0 Å². The molecule has 242 valence electrons. The van der Waals surface area contributed by atoms with Crippen LogP contribution in [0.5, 0.6) is 0 Å². The molecule has 0 saturated carbocycles. The number of para-hydroxylation sites is 3. The molecule has 52 heavy (non-hydrogen) atoms. The summed E-state index contributed by atoms with van der Waals surface area (Å²) < 4.78 is 8.89. The second kappa shape index (κ2) is 11.4. The summed E-state index contributed by atoms with van der Waals surface area (Å²) in [5, 5.41) is 8.10. The molecule has 7 aromatic carbocycles. The predicted octanol–water partition coefficient (Wildman–Crippen LogP) is 13.1. The van der Waals surface area contributed by atoms with E-state index in [0.29, 0.717) is 5.82 Å². The van der Waals surface area contributed by atoms with Gasteiger partial charge in [0.2, 0.25) is 0 Å². The van der Waals surface area contributed by atoms with E-state index in [1.807, 2.05) is 29.5 Å². The van der Waals surface area contributed by atoms with Gasteiger partial charge in [-0.15, -0.1) is 11.3 Å². The standard InChI is InChI=1S/C47H27N3OS/c1-3-13-28(14-4-1)39-27-40(35-21-11-19-31-30-17-8-10-24-41(30)51-44(31)35)50-47(49-39)37-22-12-20-32-33-25-26-36-42(46(33)52-45(32)37)34-18-7-9-23-38(34)48-43(36)29-15-5-2-6-16-29/h1-27H. The highest BCUT2D eigenvalue weighted by molar-refractivity contribution is 7.27. The zero-order valence-electron chi connectivity index (χ0n) is 27.7. The van der Waals surface area contributed by atoms with Crippen molar-refractivity contribution >= 4 is 75.1 Å². The van der Waals surface area contributed by atoms with Crippen molar-refractivity contribution in [3.63, 3.8) is 0 Å². The Bertz CT molecular complexity index is 3180. The second-order valence-corrected chi connectivity index (χ2v) is 14.1. The normalized spacial score (nSPS) is 11.8. The highest BCUT2D eigenvalue weighted by Crippen LogP contribution is 2.46. The molecule has 5 heteroatoms. The highest BCUT2D eigenvalue weighted by Gasteiger charge is 2.21. The van der Waals surface area contributed by atoms with E-state index in [1.54, 1.807) is 0 Å². The van der Waals surface area contributed by atoms with Crippen LogP contribution in [0.2, 0.25) is 0 Å². The smallest absolute Gasteiger partial charge is 0.161 e. The molecule has 4 heterocycles. The average molecular weight is 682 g/mol. The molecule has 0 unspecified atom stereocenters. The highest BCUT2D eigenvalue weighted by atomic mass is 32.1. The van der Waals surface area contributed by atoms with Crippen LogP contribution in [0.3, 0.4) is 0 Å². The Morgan fingerprint density at radius 2 is 1.06 bits per heavy atom. The number of rotatable bonds is 4. The number of hydrogen-bond donors (Lipinski definition) is 0. The first-order valence-corrected chi connectivity index (χ1v) is 18.2. The van der Waals surface area contributed by atoms with E-state index in [-0.39, 0.29) is 0 Å². The first kappa shape index (κ1) is 29.1. The van der Waals surface area contributed by atoms with Crippen LogP contribution in [-0.4, -0.2) is 15.0 Å². The number of fused-ring (bicyclic) bond motifs is 10. The van der Waals surface area contributed by atoms with Crippen LogP contribution in [0.1, 0.15) is 0 Å². The Labute approximate surface area is 302 Å². The summed E-state index contributed by atoms with van der Waals surface area (Å²) in [6.07, 6.45) is 0. The summed E-state index contributed by atoms with van der Waals surface area (Å²) >= 11 is 1.81. The number of aromatic nitrogens is 3. The van der Waals surface area contributed by atoms with Crippen LogP contribution in [0.4, 0.5) is 0 Å². The van der Waals surface area contributed by atoms with Gasteiger partial charge in [0, 0.05) is 69.4 Å². The van der Waals surface area contributed by atoms with Crippen LogP contribution >= 0.6 is 11.3 Å². The lowest BCUT2D eigenvalue weighted by Gasteiger charge is -2.11. The maximum Gasteiger partial charge on any atom is 0.161 e. The second-order valence-electron chi connectivity index (χ2n) is 13.1. The first-order chi connectivity index (χ1) is 25.8. The van der Waals surface area contributed by atoms with Crippen LogP contribution in [0.25, 0.3) is 109 Å². The van der Waals surface area contributed by atoms with Gasteiger partial charge in [-0.2, -0.15) is 0 Å². The van der Waals surface area contributed by atoms with Crippen LogP contribution < -0.4 is 0 Å². The van der Waals surface area contributed by atoms with Gasteiger partial charge < -0.3 is 4.42 Å². The van der Waals surface area contributed by atoms with Crippen molar-refractivity contribution in [3.8, 4) is 45.2 Å². The van der Waals surface area contributed by atoms with Crippen molar-refractivity contribution < 1.29 is 4.42 Å². The molecule has 0 spiro atoms. The average Bonchev–Trinajstić information content (AvgIpc) is 3.80. The first-order valence-electron chi connectivity index (χ1n) is 17.4. The minimum Gasteiger partial charge on any atom is -0.455 e. The van der Waals surface area contributed by atoms with Gasteiger partial charge in [0.15, 0.2) is 5.82 Å². The van der Waals surface area contributed by atoms with Gasteiger partial charge in [-0.25, -0.2) is 15.0 Å². The van der Waals surface area contributed by atoms with Gasteiger partial charge in [0.25, 0.3) is 0 Å². The monoisotopic (exact) mass is 681 g/mol. The molecule has 0 atom stereocenters. The number of furan rings is 1. The fraction of sp³-hybridized carbons (Fsp3) is 0. The summed E-state index contributed by atoms with van der Waals surface area (Å²) in [4.78, 5) is 15.8. The van der Waals surface area contributed by atoms with Gasteiger partial charge in [-0.1, -0.05) is 133 Å². The van der Waals surface area contributed by atoms with Crippen LogP contribution in [0, 0.1) is 0 Å². The summed E-state index contributed by atoms with van der Waals surface area (Å²) in [5.41, 5.74) is 9.45. The van der Waals surface area contributed by atoms with E-state index in [9.17, 15) is 0 Å². The maximum absolute atomic E-state index is 6.49. The lowest BCUT2D eigenvalue weighted by Crippen LogP contribution is -1.96. The zero-order chi connectivity index (χ0) is 34.2. The molecule has 0 fully saturated rings. The van der Waals surface area contributed by atoms with Crippen LogP contribution in [0.15, 0.2) is 168 Å². The topological polar surface area (TPSA) is 51.8 Å². The third-order valence-corrected chi connectivity index (χ3v) is 11.4. The van der Waals surface area contributed by atoms with E-state index in [4.69, 9.17) is 19.4 Å². The Hall–Kier alpha value is -6.69. The summed E-state index contributed by atoms with van der Waals surface area (Å²) in [6.45, 7) is 0. The van der Waals surface area contributed by atoms with Crippen molar-refractivity contribution in [1.29, 1.82) is 0 Å². The molecule has 0 saturated heterocycles. The molecule has 0 radical (unpaired) electrons. The summed E-state index contributed by atoms with van der Waals surface area (Å²) in [7, 11) is 0. The van der Waals surface area contributed by atoms with Gasteiger partial charge in [0.05, 0.1) is 22.6 Å². The van der Waals surface area contributed by atoms with E-state index >= 15 is 0 Å². The largest absolute Gasteiger partial charge is 0.455 e. The molecule has 0 aliphatic carbocycles. The van der Waals surface area contributed by atoms with E-state index < -0.39 is 0 Å². The number of thiophene rings is 1. The molecule has 0 aliphatic rings. The Balaban J connectivity index is 1.20. The number of benzene rings is 7. The summed E-state index contributed by atoms with van der Waals surface area (Å²) in [6, 6.07) is 56.9. The van der Waals surface area contributed by atoms with E-state index in [1.165, 1.54) is 20.9 Å². The Morgan fingerprint density at radius 1 is 0.423 bits per heavy atom. The maximum atomic E-state index is 6.49. The quantitative estimate of drug-likeness (QED) is 0.174. The Kier molecular flexibility index (Phi) is 6.39. The van der Waals surface area contributed by atoms with Crippen molar-refractivity contribution in [3.05, 3.63) is 164 Å². The molecule has 0 N–H and O–H groups in total. The van der Waals surface area contributed by atoms with Gasteiger partial charge in [-0.05, 0) is 30.3 Å². The third kappa shape index (κ3) is 4.43. The van der Waals surface area contributed by atoms with Crippen LogP contribution in [-0.2, 0) is 0 Å². The third-order valence-electron chi connectivity index (χ3n) is 10.1. The van der Waals surface area contributed by atoms with Gasteiger partial charge in [-0.3, -0.25) is 0 Å².